The number of carbonyl (C=O) groups is 2. The molecule has 1 atom stereocenters. The minimum Gasteiger partial charge on any atom is -0.426 e. The van der Waals surface area contributed by atoms with E-state index in [0.29, 0.717) is 11.5 Å². The fourth-order valence-electron chi connectivity index (χ4n) is 1.70. The van der Waals surface area contributed by atoms with Crippen LogP contribution in [0, 0.1) is 11.8 Å². The van der Waals surface area contributed by atoms with Crippen LogP contribution in [-0.4, -0.2) is 11.9 Å². The summed E-state index contributed by atoms with van der Waals surface area (Å²) in [6, 6.07) is 5.26. The molecule has 22 heavy (non-hydrogen) atoms. The highest BCUT2D eigenvalue weighted by atomic mass is 16.5. The Labute approximate surface area is 132 Å². The number of hydrogen-bond donors (Lipinski definition) is 0. The number of carbonyl (C=O) groups excluding carboxylic acids is 2. The van der Waals surface area contributed by atoms with Crippen LogP contribution in [0.3, 0.4) is 0 Å². The Hall–Kier alpha value is -1.84. The molecular formula is C18H26O4. The van der Waals surface area contributed by atoms with Gasteiger partial charge in [0.15, 0.2) is 0 Å². The molecule has 0 aliphatic rings. The van der Waals surface area contributed by atoms with Crippen LogP contribution in [0.1, 0.15) is 59.4 Å². The van der Waals surface area contributed by atoms with Gasteiger partial charge in [-0.05, 0) is 30.0 Å². The Balaban J connectivity index is 3.10. The van der Waals surface area contributed by atoms with Gasteiger partial charge >= 0.3 is 11.9 Å². The van der Waals surface area contributed by atoms with Crippen molar-refractivity contribution in [3.63, 3.8) is 0 Å². The smallest absolute Gasteiger partial charge is 0.313 e. The van der Waals surface area contributed by atoms with Crippen molar-refractivity contribution in [2.45, 2.75) is 53.9 Å². The highest BCUT2D eigenvalue weighted by Crippen LogP contribution is 2.30. The van der Waals surface area contributed by atoms with E-state index in [1.807, 2.05) is 12.1 Å². The molecule has 0 aromatic heterocycles. The van der Waals surface area contributed by atoms with Crippen LogP contribution in [-0.2, 0) is 9.59 Å². The lowest BCUT2D eigenvalue weighted by molar-refractivity contribution is -0.138. The molecule has 0 fully saturated rings. The molecule has 1 aromatic rings. The number of esters is 2. The van der Waals surface area contributed by atoms with Gasteiger partial charge in [0, 0.05) is 6.07 Å². The molecule has 0 aliphatic carbocycles. The first-order chi connectivity index (χ1) is 10.2. The molecule has 4 heteroatoms. The standard InChI is InChI=1S/C18H26O4/c1-7-13(6)14-8-15(21-17(19)11(2)3)10-16(9-14)22-18(20)12(4)5/h8-13H,7H2,1-6H3. The van der Waals surface area contributed by atoms with E-state index < -0.39 is 0 Å². The van der Waals surface area contributed by atoms with Crippen molar-refractivity contribution < 1.29 is 19.1 Å². The maximum Gasteiger partial charge on any atom is 0.313 e. The first kappa shape index (κ1) is 18.2. The van der Waals surface area contributed by atoms with Gasteiger partial charge in [-0.1, -0.05) is 41.5 Å². The van der Waals surface area contributed by atoms with Gasteiger partial charge < -0.3 is 9.47 Å². The van der Waals surface area contributed by atoms with Gasteiger partial charge in [0.05, 0.1) is 11.8 Å². The third kappa shape index (κ3) is 5.17. The second-order valence-corrected chi connectivity index (χ2v) is 6.20. The quantitative estimate of drug-likeness (QED) is 0.580. The van der Waals surface area contributed by atoms with Crippen molar-refractivity contribution in [1.29, 1.82) is 0 Å². The number of ether oxygens (including phenoxy) is 2. The number of hydrogen-bond acceptors (Lipinski definition) is 4. The Morgan fingerprint density at radius 1 is 0.864 bits per heavy atom. The van der Waals surface area contributed by atoms with Gasteiger partial charge in [-0.2, -0.15) is 0 Å². The maximum absolute atomic E-state index is 11.8. The van der Waals surface area contributed by atoms with E-state index in [1.165, 1.54) is 0 Å². The summed E-state index contributed by atoms with van der Waals surface area (Å²) in [6.07, 6.45) is 0.944. The fourth-order valence-corrected chi connectivity index (χ4v) is 1.70. The van der Waals surface area contributed by atoms with E-state index in [4.69, 9.17) is 9.47 Å². The first-order valence-electron chi connectivity index (χ1n) is 7.82. The molecule has 0 aliphatic heterocycles. The second-order valence-electron chi connectivity index (χ2n) is 6.20. The van der Waals surface area contributed by atoms with Crippen molar-refractivity contribution in [2.75, 3.05) is 0 Å². The molecule has 0 bridgehead atoms. The minimum absolute atomic E-state index is 0.214. The van der Waals surface area contributed by atoms with Crippen molar-refractivity contribution >= 4 is 11.9 Å². The lowest BCUT2D eigenvalue weighted by Crippen LogP contribution is -2.16. The maximum atomic E-state index is 11.8. The van der Waals surface area contributed by atoms with Crippen LogP contribution in [0.4, 0.5) is 0 Å². The summed E-state index contributed by atoms with van der Waals surface area (Å²) in [6.45, 7) is 11.3. The van der Waals surface area contributed by atoms with Gasteiger partial charge in [-0.3, -0.25) is 9.59 Å². The summed E-state index contributed by atoms with van der Waals surface area (Å²) < 4.78 is 10.7. The summed E-state index contributed by atoms with van der Waals surface area (Å²) in [5.41, 5.74) is 0.989. The first-order valence-corrected chi connectivity index (χ1v) is 7.82. The normalized spacial score (nSPS) is 12.4. The zero-order chi connectivity index (χ0) is 16.9. The zero-order valence-corrected chi connectivity index (χ0v) is 14.3. The summed E-state index contributed by atoms with van der Waals surface area (Å²) in [5, 5.41) is 0. The topological polar surface area (TPSA) is 52.6 Å². The molecule has 0 N–H and O–H groups in total. The van der Waals surface area contributed by atoms with Gasteiger partial charge in [-0.15, -0.1) is 0 Å². The van der Waals surface area contributed by atoms with Crippen molar-refractivity contribution in [3.05, 3.63) is 23.8 Å². The van der Waals surface area contributed by atoms with E-state index in [0.717, 1.165) is 12.0 Å². The van der Waals surface area contributed by atoms with Gasteiger partial charge in [0.1, 0.15) is 11.5 Å². The minimum atomic E-state index is -0.303. The largest absolute Gasteiger partial charge is 0.426 e. The average Bonchev–Trinajstić information content (AvgIpc) is 2.45. The Morgan fingerprint density at radius 3 is 1.59 bits per heavy atom. The third-order valence-corrected chi connectivity index (χ3v) is 3.46. The molecule has 4 nitrogen and oxygen atoms in total. The Morgan fingerprint density at radius 2 is 1.27 bits per heavy atom. The molecule has 0 heterocycles. The summed E-state index contributed by atoms with van der Waals surface area (Å²) in [4.78, 5) is 23.5. The zero-order valence-electron chi connectivity index (χ0n) is 14.3. The highest BCUT2D eigenvalue weighted by Gasteiger charge is 2.16. The molecule has 0 saturated heterocycles. The summed E-state index contributed by atoms with van der Waals surface area (Å²) in [7, 11) is 0. The van der Waals surface area contributed by atoms with E-state index in [1.54, 1.807) is 33.8 Å². The summed E-state index contributed by atoms with van der Waals surface area (Å²) in [5.74, 6) is 0.0908. The molecule has 0 amide bonds. The monoisotopic (exact) mass is 306 g/mol. The lowest BCUT2D eigenvalue weighted by Gasteiger charge is -2.15. The van der Waals surface area contributed by atoms with Gasteiger partial charge in [-0.25, -0.2) is 0 Å². The third-order valence-electron chi connectivity index (χ3n) is 3.46. The number of benzene rings is 1. The van der Waals surface area contributed by atoms with Crippen LogP contribution >= 0.6 is 0 Å². The molecule has 0 radical (unpaired) electrons. The molecule has 1 unspecified atom stereocenters. The Kier molecular flexibility index (Phi) is 6.60. The molecule has 122 valence electrons. The van der Waals surface area contributed by atoms with E-state index in [2.05, 4.69) is 13.8 Å². The molecule has 1 aromatic carbocycles. The predicted molar refractivity (Wildman–Crippen MR) is 86.1 cm³/mol. The van der Waals surface area contributed by atoms with Crippen molar-refractivity contribution in [1.82, 2.24) is 0 Å². The van der Waals surface area contributed by atoms with Crippen molar-refractivity contribution in [3.8, 4) is 11.5 Å². The van der Waals surface area contributed by atoms with Gasteiger partial charge in [0.25, 0.3) is 0 Å². The molecular weight excluding hydrogens is 280 g/mol. The SMILES string of the molecule is CCC(C)c1cc(OC(=O)C(C)C)cc(OC(=O)C(C)C)c1. The van der Waals surface area contributed by atoms with E-state index in [9.17, 15) is 9.59 Å². The van der Waals surface area contributed by atoms with Crippen molar-refractivity contribution in [2.24, 2.45) is 11.8 Å². The summed E-state index contributed by atoms with van der Waals surface area (Å²) >= 11 is 0. The molecule has 1 rings (SSSR count). The van der Waals surface area contributed by atoms with Crippen LogP contribution in [0.5, 0.6) is 11.5 Å². The van der Waals surface area contributed by atoms with Crippen LogP contribution < -0.4 is 9.47 Å². The van der Waals surface area contributed by atoms with E-state index in [-0.39, 0.29) is 29.7 Å². The molecule has 0 spiro atoms. The van der Waals surface area contributed by atoms with Crippen LogP contribution in [0.25, 0.3) is 0 Å². The average molecular weight is 306 g/mol. The Bertz CT molecular complexity index is 492. The number of rotatable bonds is 6. The van der Waals surface area contributed by atoms with Crippen LogP contribution in [0.15, 0.2) is 18.2 Å². The highest BCUT2D eigenvalue weighted by molar-refractivity contribution is 5.76. The van der Waals surface area contributed by atoms with Gasteiger partial charge in [0.2, 0.25) is 0 Å². The molecule has 0 saturated carbocycles. The second kappa shape index (κ2) is 7.97. The predicted octanol–water partition coefficient (Wildman–Crippen LogP) is 4.32. The fraction of sp³-hybridized carbons (Fsp3) is 0.556. The van der Waals surface area contributed by atoms with Crippen LogP contribution in [0.2, 0.25) is 0 Å². The lowest BCUT2D eigenvalue weighted by atomic mass is 9.98. The van der Waals surface area contributed by atoms with E-state index >= 15 is 0 Å².